The van der Waals surface area contributed by atoms with Gasteiger partial charge < -0.3 is 15.4 Å². The summed E-state index contributed by atoms with van der Waals surface area (Å²) in [5.41, 5.74) is 1.44. The highest BCUT2D eigenvalue weighted by Crippen LogP contribution is 2.21. The van der Waals surface area contributed by atoms with Crippen molar-refractivity contribution >= 4 is 39.5 Å². The van der Waals surface area contributed by atoms with E-state index in [0.29, 0.717) is 11.4 Å². The molecule has 0 bridgehead atoms. The number of hydrogen-bond donors (Lipinski definition) is 2. The largest absolute Gasteiger partial charge is 0.496 e. The number of carbonyl (C=O) groups is 2. The zero-order valence-corrected chi connectivity index (χ0v) is 14.7. The third-order valence-corrected chi connectivity index (χ3v) is 3.82. The van der Waals surface area contributed by atoms with Crippen molar-refractivity contribution in [2.75, 3.05) is 19.0 Å². The molecule has 0 heterocycles. The van der Waals surface area contributed by atoms with Crippen molar-refractivity contribution < 1.29 is 14.3 Å². The monoisotopic (exact) mass is 388 g/mol. The number of benzene rings is 2. The SMILES string of the molecule is COc1ccccc1/C=C/C(=O)NCC(=O)Nc1ccccc1Br. The lowest BCUT2D eigenvalue weighted by molar-refractivity contribution is -0.121. The molecule has 0 aliphatic rings. The lowest BCUT2D eigenvalue weighted by Crippen LogP contribution is -2.31. The number of para-hydroxylation sites is 2. The molecule has 0 spiro atoms. The van der Waals surface area contributed by atoms with Crippen molar-refractivity contribution in [3.05, 3.63) is 64.6 Å². The van der Waals surface area contributed by atoms with Gasteiger partial charge in [-0.05, 0) is 40.2 Å². The first-order valence-corrected chi connectivity index (χ1v) is 8.03. The minimum atomic E-state index is -0.358. The zero-order chi connectivity index (χ0) is 17.4. The molecule has 0 saturated carbocycles. The topological polar surface area (TPSA) is 67.4 Å². The predicted octanol–water partition coefficient (Wildman–Crippen LogP) is 3.23. The summed E-state index contributed by atoms with van der Waals surface area (Å²) in [5.74, 6) is 0.0114. The van der Waals surface area contributed by atoms with Gasteiger partial charge in [-0.25, -0.2) is 0 Å². The Morgan fingerprint density at radius 1 is 1.12 bits per heavy atom. The fourth-order valence-electron chi connectivity index (χ4n) is 1.95. The van der Waals surface area contributed by atoms with Crippen LogP contribution in [0.25, 0.3) is 6.08 Å². The van der Waals surface area contributed by atoms with Crippen LogP contribution in [0, 0.1) is 0 Å². The Balaban J connectivity index is 1.85. The number of halogens is 1. The quantitative estimate of drug-likeness (QED) is 0.746. The molecule has 2 rings (SSSR count). The van der Waals surface area contributed by atoms with Gasteiger partial charge in [0.1, 0.15) is 5.75 Å². The highest BCUT2D eigenvalue weighted by Gasteiger charge is 2.06. The van der Waals surface area contributed by atoms with Crippen LogP contribution in [0.4, 0.5) is 5.69 Å². The molecule has 2 aromatic rings. The molecule has 0 saturated heterocycles. The van der Waals surface area contributed by atoms with Gasteiger partial charge in [0.2, 0.25) is 11.8 Å². The minimum Gasteiger partial charge on any atom is -0.496 e. The van der Waals surface area contributed by atoms with Crippen LogP contribution in [0.5, 0.6) is 5.75 Å². The fraction of sp³-hybridized carbons (Fsp3) is 0.111. The standard InChI is InChI=1S/C18H17BrN2O3/c1-24-16-9-5-2-6-13(16)10-11-17(22)20-12-18(23)21-15-8-4-3-7-14(15)19/h2-11H,12H2,1H3,(H,20,22)(H,21,23)/b11-10+. The third kappa shape index (κ3) is 5.24. The predicted molar refractivity (Wildman–Crippen MR) is 97.8 cm³/mol. The highest BCUT2D eigenvalue weighted by molar-refractivity contribution is 9.10. The molecule has 0 aliphatic carbocycles. The second-order valence-corrected chi connectivity index (χ2v) is 5.68. The van der Waals surface area contributed by atoms with E-state index in [-0.39, 0.29) is 18.4 Å². The molecule has 24 heavy (non-hydrogen) atoms. The Hall–Kier alpha value is -2.60. The number of ether oxygens (including phenoxy) is 1. The zero-order valence-electron chi connectivity index (χ0n) is 13.1. The molecule has 5 nitrogen and oxygen atoms in total. The Labute approximate surface area is 148 Å². The van der Waals surface area contributed by atoms with Crippen molar-refractivity contribution in [1.82, 2.24) is 5.32 Å². The average molecular weight is 389 g/mol. The van der Waals surface area contributed by atoms with E-state index in [0.717, 1.165) is 10.0 Å². The fourth-order valence-corrected chi connectivity index (χ4v) is 2.34. The summed E-state index contributed by atoms with van der Waals surface area (Å²) in [7, 11) is 1.57. The highest BCUT2D eigenvalue weighted by atomic mass is 79.9. The molecule has 2 N–H and O–H groups in total. The summed E-state index contributed by atoms with van der Waals surface area (Å²) in [5, 5.41) is 5.25. The molecular weight excluding hydrogens is 372 g/mol. The van der Waals surface area contributed by atoms with E-state index < -0.39 is 0 Å². The van der Waals surface area contributed by atoms with E-state index in [4.69, 9.17) is 4.74 Å². The smallest absolute Gasteiger partial charge is 0.244 e. The molecule has 0 atom stereocenters. The van der Waals surface area contributed by atoms with E-state index in [9.17, 15) is 9.59 Å². The van der Waals surface area contributed by atoms with Crippen LogP contribution in [0.3, 0.4) is 0 Å². The second-order valence-electron chi connectivity index (χ2n) is 4.82. The molecular formula is C18H17BrN2O3. The molecule has 0 radical (unpaired) electrons. The molecule has 2 aromatic carbocycles. The lowest BCUT2D eigenvalue weighted by atomic mass is 10.2. The van der Waals surface area contributed by atoms with Crippen LogP contribution in [-0.4, -0.2) is 25.5 Å². The van der Waals surface area contributed by atoms with Crippen molar-refractivity contribution in [3.8, 4) is 5.75 Å². The molecule has 2 amide bonds. The summed E-state index contributed by atoms with van der Waals surface area (Å²) in [6, 6.07) is 14.6. The Morgan fingerprint density at radius 2 is 1.83 bits per heavy atom. The summed E-state index contributed by atoms with van der Waals surface area (Å²) < 4.78 is 5.98. The van der Waals surface area contributed by atoms with Crippen molar-refractivity contribution in [2.24, 2.45) is 0 Å². The average Bonchev–Trinajstić information content (AvgIpc) is 2.60. The van der Waals surface area contributed by atoms with Gasteiger partial charge in [0, 0.05) is 16.1 Å². The maximum atomic E-state index is 11.9. The van der Waals surface area contributed by atoms with Gasteiger partial charge >= 0.3 is 0 Å². The second kappa shape index (κ2) is 8.88. The summed E-state index contributed by atoms with van der Waals surface area (Å²) in [4.78, 5) is 23.7. The first-order valence-electron chi connectivity index (χ1n) is 7.23. The number of hydrogen-bond acceptors (Lipinski definition) is 3. The first-order chi connectivity index (χ1) is 11.6. The van der Waals surface area contributed by atoms with E-state index in [1.807, 2.05) is 42.5 Å². The van der Waals surface area contributed by atoms with Gasteiger partial charge in [-0.2, -0.15) is 0 Å². The van der Waals surface area contributed by atoms with Gasteiger partial charge in [0.05, 0.1) is 19.3 Å². The first kappa shape index (κ1) is 17.7. The molecule has 0 fully saturated rings. The van der Waals surface area contributed by atoms with E-state index in [2.05, 4.69) is 26.6 Å². The van der Waals surface area contributed by atoms with Crippen molar-refractivity contribution in [1.29, 1.82) is 0 Å². The van der Waals surface area contributed by atoms with Crippen LogP contribution < -0.4 is 15.4 Å². The van der Waals surface area contributed by atoms with Gasteiger partial charge in [-0.15, -0.1) is 0 Å². The molecule has 124 valence electrons. The Morgan fingerprint density at radius 3 is 2.58 bits per heavy atom. The van der Waals surface area contributed by atoms with Crippen molar-refractivity contribution in [3.63, 3.8) is 0 Å². The molecule has 0 aromatic heterocycles. The Bertz CT molecular complexity index is 759. The maximum Gasteiger partial charge on any atom is 0.244 e. The van der Waals surface area contributed by atoms with Crippen LogP contribution in [0.1, 0.15) is 5.56 Å². The van der Waals surface area contributed by atoms with E-state index in [1.165, 1.54) is 6.08 Å². The van der Waals surface area contributed by atoms with Crippen LogP contribution in [0.2, 0.25) is 0 Å². The number of methoxy groups -OCH3 is 1. The summed E-state index contributed by atoms with van der Waals surface area (Å²) in [6.45, 7) is -0.115. The van der Waals surface area contributed by atoms with Gasteiger partial charge in [-0.3, -0.25) is 9.59 Å². The molecule has 6 heteroatoms. The summed E-state index contributed by atoms with van der Waals surface area (Å²) >= 11 is 3.34. The minimum absolute atomic E-state index is 0.115. The maximum absolute atomic E-state index is 11.9. The molecule has 0 aliphatic heterocycles. The number of carbonyl (C=O) groups excluding carboxylic acids is 2. The summed E-state index contributed by atoms with van der Waals surface area (Å²) in [6.07, 6.45) is 3.00. The number of rotatable bonds is 6. The lowest BCUT2D eigenvalue weighted by Gasteiger charge is -2.07. The third-order valence-electron chi connectivity index (χ3n) is 3.12. The van der Waals surface area contributed by atoms with E-state index >= 15 is 0 Å². The van der Waals surface area contributed by atoms with Crippen LogP contribution in [-0.2, 0) is 9.59 Å². The normalized spacial score (nSPS) is 10.4. The van der Waals surface area contributed by atoms with Gasteiger partial charge in [-0.1, -0.05) is 30.3 Å². The number of nitrogens with one attached hydrogen (secondary N) is 2. The van der Waals surface area contributed by atoms with Gasteiger partial charge in [0.25, 0.3) is 0 Å². The van der Waals surface area contributed by atoms with Crippen LogP contribution >= 0.6 is 15.9 Å². The molecule has 0 unspecified atom stereocenters. The van der Waals surface area contributed by atoms with Crippen LogP contribution in [0.15, 0.2) is 59.1 Å². The Kier molecular flexibility index (Phi) is 6.57. The van der Waals surface area contributed by atoms with E-state index in [1.54, 1.807) is 19.3 Å². The van der Waals surface area contributed by atoms with Gasteiger partial charge in [0.15, 0.2) is 0 Å². The van der Waals surface area contributed by atoms with Crippen molar-refractivity contribution in [2.45, 2.75) is 0 Å². The number of amides is 2. The number of anilines is 1.